The second kappa shape index (κ2) is 6.59. The van der Waals surface area contributed by atoms with Gasteiger partial charge in [0.15, 0.2) is 0 Å². The number of hydrogen-bond donors (Lipinski definition) is 1. The van der Waals surface area contributed by atoms with E-state index in [-0.39, 0.29) is 5.91 Å². The molecule has 2 aromatic rings. The Hall–Kier alpha value is -1.95. The molecule has 144 valence electrons. The minimum atomic E-state index is 0.0937. The molecule has 2 bridgehead atoms. The Labute approximate surface area is 159 Å². The molecule has 2 aliphatic heterocycles. The smallest absolute Gasteiger partial charge is 0.259 e. The highest BCUT2D eigenvalue weighted by Gasteiger charge is 2.37. The number of piperidine rings is 1. The van der Waals surface area contributed by atoms with Crippen LogP contribution in [0.1, 0.15) is 79.5 Å². The van der Waals surface area contributed by atoms with Crippen LogP contribution in [0.4, 0.5) is 0 Å². The Morgan fingerprint density at radius 2 is 2.00 bits per heavy atom. The minimum Gasteiger partial charge on any atom is -0.339 e. The molecule has 0 spiro atoms. The molecule has 1 amide bonds. The van der Waals surface area contributed by atoms with Crippen molar-refractivity contribution in [2.24, 2.45) is 0 Å². The summed E-state index contributed by atoms with van der Waals surface area (Å²) in [7, 11) is 1.97. The number of carbonyl (C=O) groups is 1. The fourth-order valence-electron chi connectivity index (χ4n) is 4.89. The first-order valence-electron chi connectivity index (χ1n) is 10.5. The second-order valence-electron chi connectivity index (χ2n) is 8.61. The van der Waals surface area contributed by atoms with E-state index < -0.39 is 0 Å². The molecule has 2 unspecified atom stereocenters. The molecule has 5 rings (SSSR count). The van der Waals surface area contributed by atoms with Crippen LogP contribution in [0.2, 0.25) is 0 Å². The molecule has 4 heterocycles. The van der Waals surface area contributed by atoms with Gasteiger partial charge in [0.2, 0.25) is 0 Å². The Morgan fingerprint density at radius 1 is 1.26 bits per heavy atom. The number of rotatable bonds is 5. The molecule has 2 aromatic heterocycles. The molecular formula is C21H28N4O2. The number of hydrogen-bond acceptors (Lipinski definition) is 5. The lowest BCUT2D eigenvalue weighted by molar-refractivity contribution is 0.0683. The van der Waals surface area contributed by atoms with Gasteiger partial charge in [-0.25, -0.2) is 4.98 Å². The summed E-state index contributed by atoms with van der Waals surface area (Å²) in [5, 5.41) is 8.73. The largest absolute Gasteiger partial charge is 0.339 e. The SMILES string of the molecule is CCCc1noc2nc(C3CC3)cc(C(=O)N(C)C3CC4CCC(C3)N4)c12. The van der Waals surface area contributed by atoms with Gasteiger partial charge >= 0.3 is 0 Å². The van der Waals surface area contributed by atoms with Gasteiger partial charge in [0.25, 0.3) is 11.6 Å². The van der Waals surface area contributed by atoms with Crippen molar-refractivity contribution in [3.8, 4) is 0 Å². The lowest BCUT2D eigenvalue weighted by Gasteiger charge is -2.35. The van der Waals surface area contributed by atoms with Gasteiger partial charge in [-0.15, -0.1) is 0 Å². The number of pyridine rings is 1. The molecule has 6 nitrogen and oxygen atoms in total. The third kappa shape index (κ3) is 3.04. The van der Waals surface area contributed by atoms with Crippen LogP contribution in [0.15, 0.2) is 10.6 Å². The zero-order valence-corrected chi connectivity index (χ0v) is 16.2. The number of amides is 1. The Kier molecular flexibility index (Phi) is 4.19. The normalized spacial score (nSPS) is 27.3. The molecule has 1 aliphatic carbocycles. The quantitative estimate of drug-likeness (QED) is 0.876. The van der Waals surface area contributed by atoms with Gasteiger partial charge in [-0.05, 0) is 51.0 Å². The highest BCUT2D eigenvalue weighted by molar-refractivity contribution is 6.06. The van der Waals surface area contributed by atoms with E-state index in [0.29, 0.717) is 29.8 Å². The van der Waals surface area contributed by atoms with Crippen LogP contribution in [0.25, 0.3) is 11.1 Å². The summed E-state index contributed by atoms with van der Waals surface area (Å²) in [6.45, 7) is 2.12. The van der Waals surface area contributed by atoms with E-state index in [1.807, 2.05) is 18.0 Å². The van der Waals surface area contributed by atoms with E-state index >= 15 is 0 Å². The zero-order chi connectivity index (χ0) is 18.5. The van der Waals surface area contributed by atoms with Gasteiger partial charge in [-0.1, -0.05) is 18.5 Å². The van der Waals surface area contributed by atoms with Crippen LogP contribution in [0.3, 0.4) is 0 Å². The van der Waals surface area contributed by atoms with Crippen LogP contribution >= 0.6 is 0 Å². The lowest BCUT2D eigenvalue weighted by Crippen LogP contribution is -2.48. The molecule has 6 heteroatoms. The molecule has 2 atom stereocenters. The molecular weight excluding hydrogens is 340 g/mol. The van der Waals surface area contributed by atoms with E-state index in [1.54, 1.807) is 0 Å². The third-order valence-corrected chi connectivity index (χ3v) is 6.57. The van der Waals surface area contributed by atoms with Gasteiger partial charge in [0.05, 0.1) is 16.6 Å². The monoisotopic (exact) mass is 368 g/mol. The average Bonchev–Trinajstić information content (AvgIpc) is 3.38. The maximum atomic E-state index is 13.5. The van der Waals surface area contributed by atoms with E-state index in [0.717, 1.165) is 60.9 Å². The Balaban J connectivity index is 1.51. The van der Waals surface area contributed by atoms with Crippen LogP contribution < -0.4 is 5.32 Å². The number of nitrogens with one attached hydrogen (secondary N) is 1. The van der Waals surface area contributed by atoms with Crippen LogP contribution in [-0.2, 0) is 6.42 Å². The number of carbonyl (C=O) groups excluding carboxylic acids is 1. The van der Waals surface area contributed by atoms with Crippen LogP contribution in [0.5, 0.6) is 0 Å². The van der Waals surface area contributed by atoms with Gasteiger partial charge in [0, 0.05) is 36.8 Å². The highest BCUT2D eigenvalue weighted by atomic mass is 16.5. The maximum absolute atomic E-state index is 13.5. The summed E-state index contributed by atoms with van der Waals surface area (Å²) < 4.78 is 5.54. The standard InChI is InChI=1S/C21H28N4O2/c1-3-4-17-19-16(11-18(12-5-6-12)23-20(19)27-24-17)21(26)25(2)15-9-13-7-8-14(10-15)22-13/h11-15,22H,3-10H2,1-2H3. The molecule has 0 aromatic carbocycles. The van der Waals surface area contributed by atoms with Gasteiger partial charge in [-0.3, -0.25) is 4.79 Å². The van der Waals surface area contributed by atoms with E-state index in [4.69, 9.17) is 4.52 Å². The van der Waals surface area contributed by atoms with E-state index in [2.05, 4.69) is 22.4 Å². The number of fused-ring (bicyclic) bond motifs is 3. The summed E-state index contributed by atoms with van der Waals surface area (Å²) in [6.07, 6.45) is 8.64. The summed E-state index contributed by atoms with van der Waals surface area (Å²) in [6, 6.07) is 3.45. The predicted octanol–water partition coefficient (Wildman–Crippen LogP) is 3.41. The second-order valence-corrected chi connectivity index (χ2v) is 8.61. The first kappa shape index (κ1) is 17.2. The van der Waals surface area contributed by atoms with Gasteiger partial charge in [-0.2, -0.15) is 0 Å². The first-order chi connectivity index (χ1) is 13.1. The van der Waals surface area contributed by atoms with Crippen molar-refractivity contribution in [1.29, 1.82) is 0 Å². The highest BCUT2D eigenvalue weighted by Crippen LogP contribution is 2.41. The Morgan fingerprint density at radius 3 is 2.67 bits per heavy atom. The molecule has 1 N–H and O–H groups in total. The molecule has 1 saturated carbocycles. The van der Waals surface area contributed by atoms with Crippen LogP contribution in [-0.4, -0.2) is 46.1 Å². The number of aryl methyl sites for hydroxylation is 1. The Bertz CT molecular complexity index is 860. The number of aromatic nitrogens is 2. The average molecular weight is 368 g/mol. The van der Waals surface area contributed by atoms with Gasteiger partial charge in [0.1, 0.15) is 0 Å². The summed E-state index contributed by atoms with van der Waals surface area (Å²) >= 11 is 0. The molecule has 27 heavy (non-hydrogen) atoms. The van der Waals surface area contributed by atoms with Crippen molar-refractivity contribution in [1.82, 2.24) is 20.4 Å². The number of nitrogens with zero attached hydrogens (tertiary/aromatic N) is 3. The minimum absolute atomic E-state index is 0.0937. The van der Waals surface area contributed by atoms with Gasteiger partial charge < -0.3 is 14.7 Å². The van der Waals surface area contributed by atoms with E-state index in [9.17, 15) is 4.79 Å². The summed E-state index contributed by atoms with van der Waals surface area (Å²) in [4.78, 5) is 20.2. The third-order valence-electron chi connectivity index (χ3n) is 6.57. The van der Waals surface area contributed by atoms with Crippen molar-refractivity contribution in [3.63, 3.8) is 0 Å². The lowest BCUT2D eigenvalue weighted by atomic mass is 9.97. The fraction of sp³-hybridized carbons (Fsp3) is 0.667. The maximum Gasteiger partial charge on any atom is 0.259 e. The predicted molar refractivity (Wildman–Crippen MR) is 103 cm³/mol. The van der Waals surface area contributed by atoms with Crippen molar-refractivity contribution < 1.29 is 9.32 Å². The van der Waals surface area contributed by atoms with Crippen molar-refractivity contribution >= 4 is 17.0 Å². The summed E-state index contributed by atoms with van der Waals surface area (Å²) in [5.41, 5.74) is 3.12. The molecule has 2 saturated heterocycles. The molecule has 0 radical (unpaired) electrons. The molecule has 3 aliphatic rings. The van der Waals surface area contributed by atoms with Crippen LogP contribution in [0, 0.1) is 0 Å². The van der Waals surface area contributed by atoms with Crippen molar-refractivity contribution in [3.05, 3.63) is 23.0 Å². The van der Waals surface area contributed by atoms with E-state index in [1.165, 1.54) is 12.8 Å². The zero-order valence-electron chi connectivity index (χ0n) is 16.2. The fourth-order valence-corrected chi connectivity index (χ4v) is 4.89. The summed E-state index contributed by atoms with van der Waals surface area (Å²) in [5.74, 6) is 0.567. The van der Waals surface area contributed by atoms with Crippen molar-refractivity contribution in [2.45, 2.75) is 82.3 Å². The topological polar surface area (TPSA) is 71.3 Å². The van der Waals surface area contributed by atoms with Crippen molar-refractivity contribution in [2.75, 3.05) is 7.05 Å². The first-order valence-corrected chi connectivity index (χ1v) is 10.5. The molecule has 3 fully saturated rings.